The molecule has 0 unspecified atom stereocenters. The van der Waals surface area contributed by atoms with Crippen molar-refractivity contribution in [3.05, 3.63) is 22.8 Å². The predicted octanol–water partition coefficient (Wildman–Crippen LogP) is 1.95. The molecule has 1 amide bonds. The van der Waals surface area contributed by atoms with Gasteiger partial charge in [0, 0.05) is 24.4 Å². The molecule has 0 saturated carbocycles. The van der Waals surface area contributed by atoms with Gasteiger partial charge in [0.15, 0.2) is 5.82 Å². The van der Waals surface area contributed by atoms with E-state index in [2.05, 4.69) is 32.8 Å². The summed E-state index contributed by atoms with van der Waals surface area (Å²) in [4.78, 5) is 22.5. The number of ether oxygens (including phenoxy) is 1. The van der Waals surface area contributed by atoms with E-state index in [0.29, 0.717) is 23.6 Å². The molecule has 2 aromatic heterocycles. The first-order valence-corrected chi connectivity index (χ1v) is 8.01. The van der Waals surface area contributed by atoms with Gasteiger partial charge in [-0.2, -0.15) is 0 Å². The maximum Gasteiger partial charge on any atom is 0.410 e. The number of hydrogen-bond donors (Lipinski definition) is 1. The minimum atomic E-state index is -0.247. The maximum absolute atomic E-state index is 11.9. The van der Waals surface area contributed by atoms with Crippen LogP contribution in [-0.4, -0.2) is 44.6 Å². The minimum absolute atomic E-state index is 0.196. The standard InChI is InChI=1S/C14H16BrN5O2/c1-14(3-2-8-6-22-13(21)20(8)7-14)12-18-10(15)9-11(16)17-4-5-19(9)12/h4-5,8H,2-3,6-7H2,1H3,(H2,16,17)/t8-,14+/m0/s1. The van der Waals surface area contributed by atoms with Crippen LogP contribution in [0.2, 0.25) is 0 Å². The van der Waals surface area contributed by atoms with Crippen LogP contribution < -0.4 is 5.73 Å². The van der Waals surface area contributed by atoms with Crippen LogP contribution in [0.1, 0.15) is 25.6 Å². The summed E-state index contributed by atoms with van der Waals surface area (Å²) < 4.78 is 7.81. The molecule has 0 aromatic carbocycles. The summed E-state index contributed by atoms with van der Waals surface area (Å²) in [6, 6.07) is 0.196. The molecule has 116 valence electrons. The summed E-state index contributed by atoms with van der Waals surface area (Å²) in [5, 5.41) is 0. The largest absolute Gasteiger partial charge is 0.447 e. The molecule has 22 heavy (non-hydrogen) atoms. The van der Waals surface area contributed by atoms with Crippen LogP contribution >= 0.6 is 15.9 Å². The van der Waals surface area contributed by atoms with Crippen LogP contribution in [0.4, 0.5) is 10.6 Å². The number of halogens is 1. The summed E-state index contributed by atoms with van der Waals surface area (Å²) in [5.41, 5.74) is 6.49. The smallest absolute Gasteiger partial charge is 0.410 e. The number of nitrogens with zero attached hydrogens (tertiary/aromatic N) is 4. The van der Waals surface area contributed by atoms with Gasteiger partial charge in [-0.25, -0.2) is 14.8 Å². The highest BCUT2D eigenvalue weighted by Crippen LogP contribution is 2.39. The zero-order valence-electron chi connectivity index (χ0n) is 12.1. The normalized spacial score (nSPS) is 28.0. The van der Waals surface area contributed by atoms with Gasteiger partial charge < -0.3 is 15.4 Å². The van der Waals surface area contributed by atoms with Crippen molar-refractivity contribution in [2.75, 3.05) is 18.9 Å². The summed E-state index contributed by atoms with van der Waals surface area (Å²) in [6.45, 7) is 3.23. The first-order valence-electron chi connectivity index (χ1n) is 7.21. The van der Waals surface area contributed by atoms with E-state index >= 15 is 0 Å². The summed E-state index contributed by atoms with van der Waals surface area (Å²) >= 11 is 3.47. The fraction of sp³-hybridized carbons (Fsp3) is 0.500. The topological polar surface area (TPSA) is 85.7 Å². The second kappa shape index (κ2) is 4.58. The van der Waals surface area contributed by atoms with Crippen molar-refractivity contribution in [2.24, 2.45) is 0 Å². The maximum atomic E-state index is 11.9. The lowest BCUT2D eigenvalue weighted by atomic mass is 9.79. The van der Waals surface area contributed by atoms with Crippen molar-refractivity contribution < 1.29 is 9.53 Å². The molecule has 2 aromatic rings. The number of rotatable bonds is 1. The van der Waals surface area contributed by atoms with Crippen molar-refractivity contribution >= 4 is 33.4 Å². The molecule has 2 saturated heterocycles. The third-order valence-electron chi connectivity index (χ3n) is 4.70. The lowest BCUT2D eigenvalue weighted by molar-refractivity contribution is 0.131. The Balaban J connectivity index is 1.81. The SMILES string of the molecule is C[C@@]1(c2nc(Br)c3c(N)nccn23)CC[C@H]2COC(=O)N2C1. The van der Waals surface area contributed by atoms with Crippen molar-refractivity contribution in [1.29, 1.82) is 0 Å². The number of nitrogen functional groups attached to an aromatic ring is 1. The number of cyclic esters (lactones) is 1. The summed E-state index contributed by atoms with van der Waals surface area (Å²) in [7, 11) is 0. The molecule has 0 bridgehead atoms. The Morgan fingerprint density at radius 1 is 1.55 bits per heavy atom. The Morgan fingerprint density at radius 3 is 3.18 bits per heavy atom. The molecule has 0 spiro atoms. The number of fused-ring (bicyclic) bond motifs is 2. The number of nitrogens with two attached hydrogens (primary N) is 1. The number of carbonyl (C=O) groups is 1. The monoisotopic (exact) mass is 365 g/mol. The highest BCUT2D eigenvalue weighted by atomic mass is 79.9. The highest BCUT2D eigenvalue weighted by Gasteiger charge is 2.46. The zero-order valence-corrected chi connectivity index (χ0v) is 13.7. The van der Waals surface area contributed by atoms with E-state index in [1.54, 1.807) is 6.20 Å². The quantitative estimate of drug-likeness (QED) is 0.834. The number of aromatic nitrogens is 3. The molecule has 7 nitrogen and oxygen atoms in total. The fourth-order valence-corrected chi connectivity index (χ4v) is 4.05. The van der Waals surface area contributed by atoms with E-state index in [0.717, 1.165) is 24.2 Å². The third kappa shape index (κ3) is 1.83. The van der Waals surface area contributed by atoms with Crippen LogP contribution in [0.25, 0.3) is 5.52 Å². The van der Waals surface area contributed by atoms with Gasteiger partial charge in [0.2, 0.25) is 0 Å². The first-order chi connectivity index (χ1) is 10.5. The Kier molecular flexibility index (Phi) is 2.87. The minimum Gasteiger partial charge on any atom is -0.447 e. The number of imidazole rings is 1. The van der Waals surface area contributed by atoms with Crippen LogP contribution in [-0.2, 0) is 10.2 Å². The molecule has 2 aliphatic rings. The average molecular weight is 366 g/mol. The van der Waals surface area contributed by atoms with E-state index in [1.807, 2.05) is 15.5 Å². The second-order valence-electron chi connectivity index (χ2n) is 6.22. The van der Waals surface area contributed by atoms with Crippen molar-refractivity contribution in [2.45, 2.75) is 31.2 Å². The van der Waals surface area contributed by atoms with E-state index in [1.165, 1.54) is 0 Å². The Labute approximate surface area is 135 Å². The number of amides is 1. The van der Waals surface area contributed by atoms with Crippen LogP contribution in [0.15, 0.2) is 17.0 Å². The number of hydrogen-bond acceptors (Lipinski definition) is 5. The molecule has 8 heteroatoms. The lowest BCUT2D eigenvalue weighted by Crippen LogP contribution is -2.49. The molecular formula is C14H16BrN5O2. The molecule has 2 fully saturated rings. The third-order valence-corrected chi connectivity index (χ3v) is 5.26. The molecule has 4 heterocycles. The first kappa shape index (κ1) is 13.8. The summed E-state index contributed by atoms with van der Waals surface area (Å²) in [6.07, 6.45) is 5.16. The van der Waals surface area contributed by atoms with Crippen LogP contribution in [0, 0.1) is 0 Å². The van der Waals surface area contributed by atoms with Crippen LogP contribution in [0.3, 0.4) is 0 Å². The van der Waals surface area contributed by atoms with E-state index < -0.39 is 0 Å². The van der Waals surface area contributed by atoms with Gasteiger partial charge in [-0.15, -0.1) is 0 Å². The van der Waals surface area contributed by atoms with Gasteiger partial charge in [0.25, 0.3) is 0 Å². The van der Waals surface area contributed by atoms with E-state index in [9.17, 15) is 4.79 Å². The molecule has 0 aliphatic carbocycles. The molecule has 0 radical (unpaired) electrons. The second-order valence-corrected chi connectivity index (χ2v) is 6.97. The molecule has 4 rings (SSSR count). The number of carbonyl (C=O) groups excluding carboxylic acids is 1. The molecular weight excluding hydrogens is 350 g/mol. The summed E-state index contributed by atoms with van der Waals surface area (Å²) in [5.74, 6) is 1.33. The molecule has 2 N–H and O–H groups in total. The molecule has 2 aliphatic heterocycles. The van der Waals surface area contributed by atoms with Gasteiger partial charge in [0.05, 0.1) is 6.04 Å². The van der Waals surface area contributed by atoms with Crippen molar-refractivity contribution in [1.82, 2.24) is 19.3 Å². The fourth-order valence-electron chi connectivity index (χ4n) is 3.49. The lowest BCUT2D eigenvalue weighted by Gasteiger charge is -2.39. The van der Waals surface area contributed by atoms with Crippen molar-refractivity contribution in [3.63, 3.8) is 0 Å². The average Bonchev–Trinajstić information content (AvgIpc) is 3.02. The number of piperidine rings is 1. The van der Waals surface area contributed by atoms with Gasteiger partial charge in [-0.1, -0.05) is 6.92 Å². The van der Waals surface area contributed by atoms with E-state index in [4.69, 9.17) is 10.5 Å². The number of anilines is 1. The predicted molar refractivity (Wildman–Crippen MR) is 83.5 cm³/mol. The molecule has 2 atom stereocenters. The van der Waals surface area contributed by atoms with Crippen LogP contribution in [0.5, 0.6) is 0 Å². The Morgan fingerprint density at radius 2 is 2.36 bits per heavy atom. The van der Waals surface area contributed by atoms with Gasteiger partial charge in [-0.05, 0) is 28.8 Å². The van der Waals surface area contributed by atoms with Gasteiger partial charge in [-0.3, -0.25) is 4.40 Å². The highest BCUT2D eigenvalue weighted by molar-refractivity contribution is 9.10. The zero-order chi connectivity index (χ0) is 15.5. The Bertz CT molecular complexity index is 776. The van der Waals surface area contributed by atoms with Crippen molar-refractivity contribution in [3.8, 4) is 0 Å². The van der Waals surface area contributed by atoms with E-state index in [-0.39, 0.29) is 17.6 Å². The van der Waals surface area contributed by atoms with Gasteiger partial charge in [0.1, 0.15) is 22.6 Å². The van der Waals surface area contributed by atoms with Gasteiger partial charge >= 0.3 is 6.09 Å². The Hall–Kier alpha value is -1.83.